The van der Waals surface area contributed by atoms with Gasteiger partial charge in [-0.1, -0.05) is 64.5 Å². The Labute approximate surface area is 220 Å². The van der Waals surface area contributed by atoms with Gasteiger partial charge in [-0.3, -0.25) is 9.59 Å². The lowest BCUT2D eigenvalue weighted by Gasteiger charge is -2.31. The van der Waals surface area contributed by atoms with Crippen LogP contribution >= 0.6 is 15.9 Å². The molecule has 3 aromatic carbocycles. The molecular formula is C29H31BrN2O4. The van der Waals surface area contributed by atoms with Gasteiger partial charge in [-0.25, -0.2) is 0 Å². The molecule has 36 heavy (non-hydrogen) atoms. The van der Waals surface area contributed by atoms with Gasteiger partial charge in [0.25, 0.3) is 0 Å². The summed E-state index contributed by atoms with van der Waals surface area (Å²) in [5.41, 5.74) is 2.97. The lowest BCUT2D eigenvalue weighted by Crippen LogP contribution is -2.50. The summed E-state index contributed by atoms with van der Waals surface area (Å²) in [7, 11) is 0. The zero-order valence-electron chi connectivity index (χ0n) is 20.4. The smallest absolute Gasteiger partial charge is 0.243 e. The van der Waals surface area contributed by atoms with Gasteiger partial charge in [-0.2, -0.15) is 0 Å². The first-order valence-corrected chi connectivity index (χ1v) is 13.1. The minimum Gasteiger partial charge on any atom is -0.486 e. The number of likely N-dealkylation sites (N-methyl/N-ethyl adjacent to an activating group) is 1. The predicted molar refractivity (Wildman–Crippen MR) is 143 cm³/mol. The van der Waals surface area contributed by atoms with Crippen molar-refractivity contribution in [3.8, 4) is 11.5 Å². The summed E-state index contributed by atoms with van der Waals surface area (Å²) < 4.78 is 12.3. The van der Waals surface area contributed by atoms with Crippen LogP contribution in [-0.4, -0.2) is 42.5 Å². The Balaban J connectivity index is 1.57. The highest BCUT2D eigenvalue weighted by Crippen LogP contribution is 2.31. The molecule has 0 fully saturated rings. The van der Waals surface area contributed by atoms with Gasteiger partial charge in [0.1, 0.15) is 19.3 Å². The molecule has 1 atom stereocenters. The number of halogens is 1. The van der Waals surface area contributed by atoms with Gasteiger partial charge >= 0.3 is 0 Å². The summed E-state index contributed by atoms with van der Waals surface area (Å²) in [4.78, 5) is 28.6. The second kappa shape index (κ2) is 12.6. The van der Waals surface area contributed by atoms with E-state index in [0.29, 0.717) is 44.9 Å². The number of amides is 2. The molecule has 0 aliphatic carbocycles. The van der Waals surface area contributed by atoms with Gasteiger partial charge in [0, 0.05) is 30.4 Å². The van der Waals surface area contributed by atoms with Crippen LogP contribution in [0, 0.1) is 0 Å². The third-order valence-electron chi connectivity index (χ3n) is 6.12. The topological polar surface area (TPSA) is 67.9 Å². The van der Waals surface area contributed by atoms with Crippen molar-refractivity contribution in [1.29, 1.82) is 0 Å². The number of nitrogens with one attached hydrogen (secondary N) is 1. The summed E-state index contributed by atoms with van der Waals surface area (Å²) in [5.74, 6) is 1.22. The fourth-order valence-corrected chi connectivity index (χ4v) is 4.54. The second-order valence-electron chi connectivity index (χ2n) is 8.73. The van der Waals surface area contributed by atoms with E-state index in [1.165, 1.54) is 0 Å². The van der Waals surface area contributed by atoms with Crippen LogP contribution < -0.4 is 14.8 Å². The Hall–Kier alpha value is -3.32. The number of benzene rings is 3. The molecule has 2 amide bonds. The molecule has 1 N–H and O–H groups in total. The van der Waals surface area contributed by atoms with E-state index < -0.39 is 6.04 Å². The largest absolute Gasteiger partial charge is 0.486 e. The molecule has 188 valence electrons. The molecule has 0 saturated carbocycles. The second-order valence-corrected chi connectivity index (χ2v) is 9.64. The SMILES string of the molecule is CCNC(=O)C(Cc1ccccc1)N(Cc1ccc(Br)cc1)C(=O)CCc1ccc2c(c1)OCCO2. The van der Waals surface area contributed by atoms with E-state index in [1.54, 1.807) is 4.90 Å². The lowest BCUT2D eigenvalue weighted by atomic mass is 10.0. The number of hydrogen-bond acceptors (Lipinski definition) is 4. The normalized spacial score (nSPS) is 13.1. The maximum Gasteiger partial charge on any atom is 0.243 e. The average molecular weight is 551 g/mol. The van der Waals surface area contributed by atoms with Crippen molar-refractivity contribution in [2.24, 2.45) is 0 Å². The zero-order chi connectivity index (χ0) is 25.3. The van der Waals surface area contributed by atoms with Gasteiger partial charge in [0.2, 0.25) is 11.8 Å². The minimum absolute atomic E-state index is 0.0695. The van der Waals surface area contributed by atoms with E-state index in [2.05, 4.69) is 21.2 Å². The standard InChI is InChI=1S/C29H31BrN2O4/c1-2-31-29(34)25(18-21-6-4-3-5-7-21)32(20-23-8-12-24(30)13-9-23)28(33)15-11-22-10-14-26-27(19-22)36-17-16-35-26/h3-10,12-14,19,25H,2,11,15-18,20H2,1H3,(H,31,34). The third-order valence-corrected chi connectivity index (χ3v) is 6.65. The maximum atomic E-state index is 13.7. The number of fused-ring (bicyclic) bond motifs is 1. The molecule has 6 nitrogen and oxygen atoms in total. The summed E-state index contributed by atoms with van der Waals surface area (Å²) in [6, 6.07) is 22.8. The van der Waals surface area contributed by atoms with E-state index in [-0.39, 0.29) is 18.2 Å². The van der Waals surface area contributed by atoms with Crippen LogP contribution in [0.3, 0.4) is 0 Å². The van der Waals surface area contributed by atoms with Crippen molar-refractivity contribution in [3.05, 3.63) is 94.0 Å². The van der Waals surface area contributed by atoms with Crippen molar-refractivity contribution in [2.75, 3.05) is 19.8 Å². The molecule has 7 heteroatoms. The van der Waals surface area contributed by atoms with Crippen LogP contribution in [0.15, 0.2) is 77.3 Å². The zero-order valence-corrected chi connectivity index (χ0v) is 22.0. The predicted octanol–water partition coefficient (Wildman–Crippen LogP) is 4.93. The van der Waals surface area contributed by atoms with Gasteiger partial charge in [-0.05, 0) is 54.3 Å². The number of carbonyl (C=O) groups excluding carboxylic acids is 2. The number of hydrogen-bond donors (Lipinski definition) is 1. The molecule has 1 heterocycles. The first-order chi connectivity index (χ1) is 17.5. The van der Waals surface area contributed by atoms with Crippen molar-refractivity contribution < 1.29 is 19.1 Å². The highest BCUT2D eigenvalue weighted by molar-refractivity contribution is 9.10. The number of ether oxygens (including phenoxy) is 2. The van der Waals surface area contributed by atoms with Crippen LogP contribution in [0.2, 0.25) is 0 Å². The quantitative estimate of drug-likeness (QED) is 0.388. The Morgan fingerprint density at radius 1 is 0.917 bits per heavy atom. The lowest BCUT2D eigenvalue weighted by molar-refractivity contribution is -0.141. The van der Waals surface area contributed by atoms with E-state index in [0.717, 1.165) is 26.9 Å². The number of rotatable bonds is 10. The summed E-state index contributed by atoms with van der Waals surface area (Å²) in [6.45, 7) is 3.80. The summed E-state index contributed by atoms with van der Waals surface area (Å²) >= 11 is 3.47. The molecule has 0 spiro atoms. The molecule has 1 unspecified atom stereocenters. The molecule has 0 radical (unpaired) electrons. The first kappa shape index (κ1) is 25.8. The maximum absolute atomic E-state index is 13.7. The molecule has 1 aliphatic heterocycles. The summed E-state index contributed by atoms with van der Waals surface area (Å²) in [5, 5.41) is 2.93. The van der Waals surface area contributed by atoms with Crippen molar-refractivity contribution in [2.45, 2.75) is 38.8 Å². The average Bonchev–Trinajstić information content (AvgIpc) is 2.91. The molecule has 1 aliphatic rings. The van der Waals surface area contributed by atoms with Gasteiger partial charge in [0.05, 0.1) is 0 Å². The van der Waals surface area contributed by atoms with Crippen LogP contribution in [0.4, 0.5) is 0 Å². The highest BCUT2D eigenvalue weighted by Gasteiger charge is 2.30. The molecule has 0 aromatic heterocycles. The monoisotopic (exact) mass is 550 g/mol. The van der Waals surface area contributed by atoms with Gasteiger partial charge in [-0.15, -0.1) is 0 Å². The van der Waals surface area contributed by atoms with E-state index in [9.17, 15) is 9.59 Å². The van der Waals surface area contributed by atoms with Crippen LogP contribution in [0.1, 0.15) is 30.0 Å². The fourth-order valence-electron chi connectivity index (χ4n) is 4.27. The van der Waals surface area contributed by atoms with Crippen molar-refractivity contribution >= 4 is 27.7 Å². The van der Waals surface area contributed by atoms with E-state index in [1.807, 2.05) is 79.7 Å². The number of aryl methyl sites for hydroxylation is 1. The Kier molecular flexibility index (Phi) is 9.01. The van der Waals surface area contributed by atoms with E-state index >= 15 is 0 Å². The van der Waals surface area contributed by atoms with Crippen LogP contribution in [0.5, 0.6) is 11.5 Å². The summed E-state index contributed by atoms with van der Waals surface area (Å²) in [6.07, 6.45) is 1.26. The first-order valence-electron chi connectivity index (χ1n) is 12.3. The minimum atomic E-state index is -0.622. The number of carbonyl (C=O) groups is 2. The third kappa shape index (κ3) is 6.88. The van der Waals surface area contributed by atoms with E-state index in [4.69, 9.17) is 9.47 Å². The Bertz CT molecular complexity index is 1170. The molecule has 0 saturated heterocycles. The Morgan fingerprint density at radius 2 is 1.61 bits per heavy atom. The number of nitrogens with zero attached hydrogens (tertiary/aromatic N) is 1. The van der Waals surface area contributed by atoms with Crippen LogP contribution in [0.25, 0.3) is 0 Å². The molecular weight excluding hydrogens is 520 g/mol. The van der Waals surface area contributed by atoms with Crippen molar-refractivity contribution in [3.63, 3.8) is 0 Å². The van der Waals surface area contributed by atoms with Gasteiger partial charge in [0.15, 0.2) is 11.5 Å². The van der Waals surface area contributed by atoms with Gasteiger partial charge < -0.3 is 19.7 Å². The Morgan fingerprint density at radius 3 is 2.33 bits per heavy atom. The molecule has 4 rings (SSSR count). The van der Waals surface area contributed by atoms with Crippen molar-refractivity contribution in [1.82, 2.24) is 10.2 Å². The molecule has 0 bridgehead atoms. The highest BCUT2D eigenvalue weighted by atomic mass is 79.9. The molecule has 3 aromatic rings. The fraction of sp³-hybridized carbons (Fsp3) is 0.310. The van der Waals surface area contributed by atoms with Crippen LogP contribution in [-0.2, 0) is 29.0 Å².